The molecule has 0 radical (unpaired) electrons. The third-order valence-electron chi connectivity index (χ3n) is 3.52. The van der Waals surface area contributed by atoms with Crippen LogP contribution in [0.4, 0.5) is 5.69 Å². The van der Waals surface area contributed by atoms with Crippen LogP contribution in [-0.4, -0.2) is 7.11 Å². The van der Waals surface area contributed by atoms with Crippen molar-refractivity contribution in [2.75, 3.05) is 12.8 Å². The van der Waals surface area contributed by atoms with E-state index in [9.17, 15) is 0 Å². The van der Waals surface area contributed by atoms with E-state index in [1.54, 1.807) is 7.11 Å². The molecule has 2 aromatic carbocycles. The van der Waals surface area contributed by atoms with Crippen LogP contribution in [0.15, 0.2) is 46.9 Å². The number of benzene rings is 2. The van der Waals surface area contributed by atoms with Gasteiger partial charge in [0.15, 0.2) is 0 Å². The Bertz CT molecular complexity index is 759. The molecule has 0 aliphatic carbocycles. The Morgan fingerprint density at radius 2 is 1.95 bits per heavy atom. The van der Waals surface area contributed by atoms with Crippen LogP contribution in [0.25, 0.3) is 22.1 Å². The van der Waals surface area contributed by atoms with E-state index in [1.165, 1.54) is 0 Å². The Labute approximate surface area is 118 Å². The number of para-hydroxylation sites is 1. The summed E-state index contributed by atoms with van der Waals surface area (Å²) in [5, 5.41) is 1.10. The summed E-state index contributed by atoms with van der Waals surface area (Å²) in [7, 11) is 1.64. The summed E-state index contributed by atoms with van der Waals surface area (Å²) in [5.74, 6) is 1.72. The summed E-state index contributed by atoms with van der Waals surface area (Å²) in [5.41, 5.74) is 9.86. The molecule has 1 aromatic heterocycles. The van der Waals surface area contributed by atoms with E-state index in [-0.39, 0.29) is 0 Å². The molecule has 3 nitrogen and oxygen atoms in total. The molecule has 3 heteroatoms. The van der Waals surface area contributed by atoms with E-state index in [1.807, 2.05) is 36.4 Å². The third kappa shape index (κ3) is 1.92. The minimum atomic E-state index is 0.700. The Balaban J connectivity index is 2.28. The first-order valence-electron chi connectivity index (χ1n) is 6.69. The molecule has 0 fully saturated rings. The number of methoxy groups -OCH3 is 1. The van der Waals surface area contributed by atoms with Crippen LogP contribution >= 0.6 is 0 Å². The van der Waals surface area contributed by atoms with Gasteiger partial charge in [-0.15, -0.1) is 0 Å². The molecule has 102 valence electrons. The Hall–Kier alpha value is -2.42. The predicted octanol–water partition coefficient (Wildman–Crippen LogP) is 4.25. The van der Waals surface area contributed by atoms with E-state index in [2.05, 4.69) is 13.0 Å². The van der Waals surface area contributed by atoms with Crippen molar-refractivity contribution in [2.24, 2.45) is 0 Å². The molecular formula is C17H17NO2. The minimum Gasteiger partial charge on any atom is -0.497 e. The predicted molar refractivity (Wildman–Crippen MR) is 82.0 cm³/mol. The lowest BCUT2D eigenvalue weighted by molar-refractivity contribution is 0.415. The van der Waals surface area contributed by atoms with Gasteiger partial charge in [0.25, 0.3) is 0 Å². The van der Waals surface area contributed by atoms with E-state index in [4.69, 9.17) is 14.9 Å². The van der Waals surface area contributed by atoms with Crippen molar-refractivity contribution in [3.8, 4) is 16.9 Å². The molecule has 0 spiro atoms. The van der Waals surface area contributed by atoms with Gasteiger partial charge in [0, 0.05) is 34.7 Å². The first-order valence-corrected chi connectivity index (χ1v) is 6.69. The Morgan fingerprint density at radius 3 is 2.65 bits per heavy atom. The first kappa shape index (κ1) is 12.6. The van der Waals surface area contributed by atoms with E-state index < -0.39 is 0 Å². The quantitative estimate of drug-likeness (QED) is 0.721. The summed E-state index contributed by atoms with van der Waals surface area (Å²) in [6, 6.07) is 13.8. The molecule has 0 bridgehead atoms. The topological polar surface area (TPSA) is 48.4 Å². The molecule has 0 saturated heterocycles. The number of rotatable bonds is 3. The summed E-state index contributed by atoms with van der Waals surface area (Å²) in [6.45, 7) is 2.08. The highest BCUT2D eigenvalue weighted by Crippen LogP contribution is 2.39. The fourth-order valence-corrected chi connectivity index (χ4v) is 2.54. The maximum absolute atomic E-state index is 6.18. The molecule has 0 amide bonds. The van der Waals surface area contributed by atoms with Crippen LogP contribution in [0.1, 0.15) is 12.7 Å². The largest absolute Gasteiger partial charge is 0.497 e. The number of ether oxygens (including phenoxy) is 1. The fraction of sp³-hybridized carbons (Fsp3) is 0.176. The smallest absolute Gasteiger partial charge is 0.134 e. The highest BCUT2D eigenvalue weighted by atomic mass is 16.5. The lowest BCUT2D eigenvalue weighted by atomic mass is 9.99. The molecule has 20 heavy (non-hydrogen) atoms. The summed E-state index contributed by atoms with van der Waals surface area (Å²) < 4.78 is 11.1. The second-order valence-electron chi connectivity index (χ2n) is 4.70. The molecule has 0 aliphatic heterocycles. The second-order valence-corrected chi connectivity index (χ2v) is 4.70. The molecule has 0 unspecified atom stereocenters. The molecule has 1 heterocycles. The van der Waals surface area contributed by atoms with Crippen molar-refractivity contribution < 1.29 is 9.15 Å². The number of aryl methyl sites for hydroxylation is 1. The highest BCUT2D eigenvalue weighted by molar-refractivity contribution is 5.98. The monoisotopic (exact) mass is 267 g/mol. The molecule has 0 atom stereocenters. The molecule has 2 N–H and O–H groups in total. The van der Waals surface area contributed by atoms with Gasteiger partial charge in [-0.3, -0.25) is 0 Å². The SMILES string of the molecule is CCc1oc2ccccc2c1-c1ccc(OC)cc1N. The van der Waals surface area contributed by atoms with Crippen molar-refractivity contribution >= 4 is 16.7 Å². The van der Waals surface area contributed by atoms with Crippen molar-refractivity contribution in [1.82, 2.24) is 0 Å². The van der Waals surface area contributed by atoms with Crippen LogP contribution in [0.2, 0.25) is 0 Å². The Morgan fingerprint density at radius 1 is 1.15 bits per heavy atom. The van der Waals surface area contributed by atoms with Gasteiger partial charge in [-0.2, -0.15) is 0 Å². The zero-order chi connectivity index (χ0) is 14.1. The Kier molecular flexibility index (Phi) is 3.11. The lowest BCUT2D eigenvalue weighted by Gasteiger charge is -2.08. The van der Waals surface area contributed by atoms with Crippen molar-refractivity contribution in [3.05, 3.63) is 48.2 Å². The summed E-state index contributed by atoms with van der Waals surface area (Å²) in [4.78, 5) is 0. The maximum Gasteiger partial charge on any atom is 0.134 e. The van der Waals surface area contributed by atoms with Crippen LogP contribution < -0.4 is 10.5 Å². The van der Waals surface area contributed by atoms with Crippen molar-refractivity contribution in [1.29, 1.82) is 0 Å². The molecule has 3 rings (SSSR count). The van der Waals surface area contributed by atoms with Crippen LogP contribution in [0, 0.1) is 0 Å². The van der Waals surface area contributed by atoms with Gasteiger partial charge in [-0.25, -0.2) is 0 Å². The molecular weight excluding hydrogens is 250 g/mol. The normalized spacial score (nSPS) is 10.9. The van der Waals surface area contributed by atoms with Gasteiger partial charge in [0.05, 0.1) is 7.11 Å². The fourth-order valence-electron chi connectivity index (χ4n) is 2.54. The summed E-state index contributed by atoms with van der Waals surface area (Å²) in [6.07, 6.45) is 0.829. The number of anilines is 1. The molecule has 3 aromatic rings. The molecule has 0 saturated carbocycles. The van der Waals surface area contributed by atoms with Gasteiger partial charge in [-0.1, -0.05) is 25.1 Å². The van der Waals surface area contributed by atoms with E-state index in [0.717, 1.165) is 40.0 Å². The lowest BCUT2D eigenvalue weighted by Crippen LogP contribution is -1.93. The van der Waals surface area contributed by atoms with E-state index >= 15 is 0 Å². The van der Waals surface area contributed by atoms with Crippen molar-refractivity contribution in [2.45, 2.75) is 13.3 Å². The number of furan rings is 1. The van der Waals surface area contributed by atoms with Crippen molar-refractivity contribution in [3.63, 3.8) is 0 Å². The van der Waals surface area contributed by atoms with Gasteiger partial charge < -0.3 is 14.9 Å². The number of hydrogen-bond donors (Lipinski definition) is 1. The van der Waals surface area contributed by atoms with E-state index in [0.29, 0.717) is 5.69 Å². The van der Waals surface area contributed by atoms with Gasteiger partial charge in [0.2, 0.25) is 0 Å². The van der Waals surface area contributed by atoms with Gasteiger partial charge in [-0.05, 0) is 18.2 Å². The zero-order valence-corrected chi connectivity index (χ0v) is 11.6. The zero-order valence-electron chi connectivity index (χ0n) is 11.6. The maximum atomic E-state index is 6.18. The minimum absolute atomic E-state index is 0.700. The standard InChI is InChI=1S/C17H17NO2/c1-3-15-17(13-6-4-5-7-16(13)20-15)12-9-8-11(19-2)10-14(12)18/h4-10H,3,18H2,1-2H3. The average molecular weight is 267 g/mol. The first-order chi connectivity index (χ1) is 9.74. The third-order valence-corrected chi connectivity index (χ3v) is 3.52. The van der Waals surface area contributed by atoms with Gasteiger partial charge >= 0.3 is 0 Å². The van der Waals surface area contributed by atoms with Crippen LogP contribution in [-0.2, 0) is 6.42 Å². The summed E-state index contributed by atoms with van der Waals surface area (Å²) >= 11 is 0. The van der Waals surface area contributed by atoms with Gasteiger partial charge in [0.1, 0.15) is 17.1 Å². The molecule has 0 aliphatic rings. The number of fused-ring (bicyclic) bond motifs is 1. The number of hydrogen-bond acceptors (Lipinski definition) is 3. The van der Waals surface area contributed by atoms with Crippen LogP contribution in [0.5, 0.6) is 5.75 Å². The average Bonchev–Trinajstić information content (AvgIpc) is 2.85. The second kappa shape index (κ2) is 4.93. The number of nitrogen functional groups attached to an aromatic ring is 1. The number of nitrogens with two attached hydrogens (primary N) is 1. The van der Waals surface area contributed by atoms with Crippen LogP contribution in [0.3, 0.4) is 0 Å². The highest BCUT2D eigenvalue weighted by Gasteiger charge is 2.16.